The molecular weight excluding hydrogens is 284 g/mol. The van der Waals surface area contributed by atoms with Crippen LogP contribution in [0.1, 0.15) is 18.9 Å². The molecule has 2 rings (SSSR count). The third-order valence-electron chi connectivity index (χ3n) is 3.72. The molecule has 1 aromatic carbocycles. The number of hydrogen-bond acceptors (Lipinski definition) is 3. The van der Waals surface area contributed by atoms with E-state index >= 15 is 0 Å². The second kappa shape index (κ2) is 5.40. The van der Waals surface area contributed by atoms with Crippen molar-refractivity contribution in [3.8, 4) is 0 Å². The SMILES string of the molecule is CC1CC1CN(C)S(=O)(=O)c1ccc(CN)c(Cl)c1. The molecule has 1 fully saturated rings. The summed E-state index contributed by atoms with van der Waals surface area (Å²) in [4.78, 5) is 0.227. The highest BCUT2D eigenvalue weighted by molar-refractivity contribution is 7.89. The lowest BCUT2D eigenvalue weighted by molar-refractivity contribution is 0.444. The van der Waals surface area contributed by atoms with Gasteiger partial charge in [0.25, 0.3) is 0 Å². The van der Waals surface area contributed by atoms with E-state index in [1.165, 1.54) is 10.4 Å². The van der Waals surface area contributed by atoms with E-state index in [2.05, 4.69) is 6.92 Å². The van der Waals surface area contributed by atoms with Gasteiger partial charge in [-0.1, -0.05) is 24.6 Å². The van der Waals surface area contributed by atoms with E-state index in [1.54, 1.807) is 19.2 Å². The zero-order valence-electron chi connectivity index (χ0n) is 11.1. The predicted octanol–water partition coefficient (Wildman–Crippen LogP) is 2.08. The first-order valence-electron chi connectivity index (χ1n) is 6.31. The molecule has 2 atom stereocenters. The lowest BCUT2D eigenvalue weighted by Gasteiger charge is -2.17. The molecule has 0 heterocycles. The fourth-order valence-electron chi connectivity index (χ4n) is 2.12. The van der Waals surface area contributed by atoms with Gasteiger partial charge in [-0.2, -0.15) is 0 Å². The molecule has 1 aliphatic rings. The van der Waals surface area contributed by atoms with Crippen molar-refractivity contribution in [2.75, 3.05) is 13.6 Å². The molecule has 1 saturated carbocycles. The molecule has 0 aromatic heterocycles. The number of halogens is 1. The first kappa shape index (κ1) is 14.8. The van der Waals surface area contributed by atoms with E-state index in [9.17, 15) is 8.42 Å². The highest BCUT2D eigenvalue weighted by Crippen LogP contribution is 2.38. The lowest BCUT2D eigenvalue weighted by atomic mass is 10.2. The van der Waals surface area contributed by atoms with E-state index in [4.69, 9.17) is 17.3 Å². The van der Waals surface area contributed by atoms with E-state index in [0.717, 1.165) is 12.0 Å². The Bertz CT molecular complexity index is 574. The van der Waals surface area contributed by atoms with Crippen LogP contribution >= 0.6 is 11.6 Å². The van der Waals surface area contributed by atoms with Crippen LogP contribution in [0.4, 0.5) is 0 Å². The van der Waals surface area contributed by atoms with Crippen molar-refractivity contribution >= 4 is 21.6 Å². The van der Waals surface area contributed by atoms with E-state index in [1.807, 2.05) is 0 Å². The largest absolute Gasteiger partial charge is 0.326 e. The minimum absolute atomic E-state index is 0.227. The standard InChI is InChI=1S/C13H19ClN2O2S/c1-9-5-11(9)8-16(2)19(17,18)12-4-3-10(7-15)13(14)6-12/h3-4,6,9,11H,5,7-8,15H2,1-2H3. The van der Waals surface area contributed by atoms with Crippen molar-refractivity contribution in [1.82, 2.24) is 4.31 Å². The van der Waals surface area contributed by atoms with Crippen LogP contribution in [0.2, 0.25) is 5.02 Å². The van der Waals surface area contributed by atoms with Crippen molar-refractivity contribution in [1.29, 1.82) is 0 Å². The summed E-state index contributed by atoms with van der Waals surface area (Å²) in [7, 11) is -1.84. The second-order valence-electron chi connectivity index (χ2n) is 5.22. The first-order valence-corrected chi connectivity index (χ1v) is 8.13. The Kier molecular flexibility index (Phi) is 4.20. The van der Waals surface area contributed by atoms with Crippen LogP contribution in [0.3, 0.4) is 0 Å². The third kappa shape index (κ3) is 3.11. The fourth-order valence-corrected chi connectivity index (χ4v) is 3.69. The maximum absolute atomic E-state index is 12.4. The first-order chi connectivity index (χ1) is 8.86. The van der Waals surface area contributed by atoms with Crippen molar-refractivity contribution in [2.45, 2.75) is 24.8 Å². The Morgan fingerprint density at radius 3 is 2.58 bits per heavy atom. The van der Waals surface area contributed by atoms with Crippen LogP contribution < -0.4 is 5.73 Å². The average molecular weight is 303 g/mol. The summed E-state index contributed by atoms with van der Waals surface area (Å²) < 4.78 is 26.2. The van der Waals surface area contributed by atoms with Crippen LogP contribution in [-0.4, -0.2) is 26.3 Å². The molecule has 106 valence electrons. The average Bonchev–Trinajstić information content (AvgIpc) is 3.04. The predicted molar refractivity (Wildman–Crippen MR) is 76.4 cm³/mol. The molecular formula is C13H19ClN2O2S. The Labute approximate surface area is 119 Å². The normalized spacial score (nSPS) is 22.8. The van der Waals surface area contributed by atoms with Gasteiger partial charge >= 0.3 is 0 Å². The van der Waals surface area contributed by atoms with Gasteiger partial charge in [-0.05, 0) is 36.0 Å². The fraction of sp³-hybridized carbons (Fsp3) is 0.538. The monoisotopic (exact) mass is 302 g/mol. The van der Waals surface area contributed by atoms with Gasteiger partial charge in [0, 0.05) is 25.2 Å². The number of sulfonamides is 1. The van der Waals surface area contributed by atoms with Crippen LogP contribution in [0.25, 0.3) is 0 Å². The summed E-state index contributed by atoms with van der Waals surface area (Å²) in [6.45, 7) is 3.01. The molecule has 1 aliphatic carbocycles. The smallest absolute Gasteiger partial charge is 0.242 e. The van der Waals surface area contributed by atoms with Crippen LogP contribution in [-0.2, 0) is 16.6 Å². The minimum atomic E-state index is -3.46. The molecule has 0 radical (unpaired) electrons. The minimum Gasteiger partial charge on any atom is -0.326 e. The molecule has 2 unspecified atom stereocenters. The molecule has 2 N–H and O–H groups in total. The number of nitrogens with two attached hydrogens (primary N) is 1. The maximum Gasteiger partial charge on any atom is 0.242 e. The highest BCUT2D eigenvalue weighted by atomic mass is 35.5. The van der Waals surface area contributed by atoms with Crippen LogP contribution in [0, 0.1) is 11.8 Å². The topological polar surface area (TPSA) is 63.4 Å². The lowest BCUT2D eigenvalue weighted by Crippen LogP contribution is -2.29. The number of nitrogens with zero attached hydrogens (tertiary/aromatic N) is 1. The summed E-state index contributed by atoms with van der Waals surface area (Å²) in [6, 6.07) is 4.71. The van der Waals surface area contributed by atoms with E-state index < -0.39 is 10.0 Å². The van der Waals surface area contributed by atoms with Gasteiger partial charge in [0.1, 0.15) is 0 Å². The van der Waals surface area contributed by atoms with Gasteiger partial charge in [0.05, 0.1) is 4.90 Å². The van der Waals surface area contributed by atoms with Crippen LogP contribution in [0.5, 0.6) is 0 Å². The summed E-state index contributed by atoms with van der Waals surface area (Å²) in [5.74, 6) is 1.11. The van der Waals surface area contributed by atoms with E-state index in [0.29, 0.717) is 29.9 Å². The summed E-state index contributed by atoms with van der Waals surface area (Å²) in [6.07, 6.45) is 1.10. The zero-order valence-corrected chi connectivity index (χ0v) is 12.7. The number of hydrogen-bond donors (Lipinski definition) is 1. The van der Waals surface area contributed by atoms with Gasteiger partial charge in [0.2, 0.25) is 10.0 Å². The Hall–Kier alpha value is -0.620. The summed E-state index contributed by atoms with van der Waals surface area (Å²) >= 11 is 6.02. The van der Waals surface area contributed by atoms with Gasteiger partial charge in [-0.15, -0.1) is 0 Å². The highest BCUT2D eigenvalue weighted by Gasteiger charge is 2.36. The molecule has 0 saturated heterocycles. The zero-order chi connectivity index (χ0) is 14.2. The number of rotatable bonds is 5. The third-order valence-corrected chi connectivity index (χ3v) is 5.89. The van der Waals surface area contributed by atoms with Gasteiger partial charge in [-0.25, -0.2) is 12.7 Å². The molecule has 0 aliphatic heterocycles. The van der Waals surface area contributed by atoms with Crippen molar-refractivity contribution in [2.24, 2.45) is 17.6 Å². The quantitative estimate of drug-likeness (QED) is 0.905. The molecule has 19 heavy (non-hydrogen) atoms. The van der Waals surface area contributed by atoms with Crippen molar-refractivity contribution < 1.29 is 8.42 Å². The molecule has 0 amide bonds. The van der Waals surface area contributed by atoms with Gasteiger partial charge in [0.15, 0.2) is 0 Å². The molecule has 6 heteroatoms. The molecule has 0 spiro atoms. The molecule has 1 aromatic rings. The summed E-state index contributed by atoms with van der Waals surface area (Å²) in [5.41, 5.74) is 6.26. The Morgan fingerprint density at radius 2 is 2.11 bits per heavy atom. The van der Waals surface area contributed by atoms with Gasteiger partial charge in [-0.3, -0.25) is 0 Å². The second-order valence-corrected chi connectivity index (χ2v) is 7.67. The maximum atomic E-state index is 12.4. The van der Waals surface area contributed by atoms with Crippen molar-refractivity contribution in [3.05, 3.63) is 28.8 Å². The molecule has 4 nitrogen and oxygen atoms in total. The van der Waals surface area contributed by atoms with Gasteiger partial charge < -0.3 is 5.73 Å². The van der Waals surface area contributed by atoms with Crippen LogP contribution in [0.15, 0.2) is 23.1 Å². The Balaban J connectivity index is 2.21. The number of benzene rings is 1. The summed E-state index contributed by atoms with van der Waals surface area (Å²) in [5, 5.41) is 0.400. The van der Waals surface area contributed by atoms with E-state index in [-0.39, 0.29) is 4.90 Å². The Morgan fingerprint density at radius 1 is 1.47 bits per heavy atom. The van der Waals surface area contributed by atoms with Crippen molar-refractivity contribution in [3.63, 3.8) is 0 Å². The molecule has 0 bridgehead atoms.